The molecule has 0 spiro atoms. The van der Waals surface area contributed by atoms with E-state index in [1.165, 1.54) is 6.07 Å². The Morgan fingerprint density at radius 1 is 1.09 bits per heavy atom. The van der Waals surface area contributed by atoms with Crippen LogP contribution in [0.15, 0.2) is 53.2 Å². The Hall–Kier alpha value is -2.60. The Kier molecular flexibility index (Phi) is 4.50. The number of aromatic nitrogens is 3. The standard InChI is InChI=1S/C16H15FN4O/c17-13-6-2-1-5-12(13)8-10-18-11-15-20-16(21-22-15)14-7-3-4-9-19-14/h1-7,9,18H,8,10-11H2. The zero-order valence-electron chi connectivity index (χ0n) is 11.9. The molecule has 0 saturated carbocycles. The third kappa shape index (κ3) is 3.53. The van der Waals surface area contributed by atoms with Gasteiger partial charge in [-0.3, -0.25) is 4.98 Å². The van der Waals surface area contributed by atoms with E-state index in [4.69, 9.17) is 4.52 Å². The van der Waals surface area contributed by atoms with Crippen LogP contribution in [-0.4, -0.2) is 21.7 Å². The van der Waals surface area contributed by atoms with Gasteiger partial charge in [0.15, 0.2) is 0 Å². The van der Waals surface area contributed by atoms with Crippen LogP contribution in [0.4, 0.5) is 4.39 Å². The van der Waals surface area contributed by atoms with Gasteiger partial charge in [-0.2, -0.15) is 4.98 Å². The molecule has 0 aliphatic rings. The van der Waals surface area contributed by atoms with E-state index < -0.39 is 0 Å². The fourth-order valence-electron chi connectivity index (χ4n) is 2.05. The molecule has 0 aliphatic carbocycles. The number of nitrogens with one attached hydrogen (secondary N) is 1. The highest BCUT2D eigenvalue weighted by Crippen LogP contribution is 2.11. The summed E-state index contributed by atoms with van der Waals surface area (Å²) < 4.78 is 18.6. The number of rotatable bonds is 6. The van der Waals surface area contributed by atoms with E-state index in [1.807, 2.05) is 24.3 Å². The van der Waals surface area contributed by atoms with Crippen molar-refractivity contribution in [3.8, 4) is 11.5 Å². The van der Waals surface area contributed by atoms with Crippen molar-refractivity contribution >= 4 is 0 Å². The molecule has 5 nitrogen and oxygen atoms in total. The molecule has 0 amide bonds. The number of hydrogen-bond acceptors (Lipinski definition) is 5. The topological polar surface area (TPSA) is 63.8 Å². The van der Waals surface area contributed by atoms with Crippen molar-refractivity contribution in [2.75, 3.05) is 6.54 Å². The molecule has 0 bridgehead atoms. The van der Waals surface area contributed by atoms with E-state index in [1.54, 1.807) is 18.3 Å². The largest absolute Gasteiger partial charge is 0.337 e. The molecule has 6 heteroatoms. The summed E-state index contributed by atoms with van der Waals surface area (Å²) >= 11 is 0. The van der Waals surface area contributed by atoms with Gasteiger partial charge in [-0.25, -0.2) is 4.39 Å². The molecule has 1 N–H and O–H groups in total. The maximum absolute atomic E-state index is 13.5. The van der Waals surface area contributed by atoms with E-state index in [0.717, 1.165) is 0 Å². The quantitative estimate of drug-likeness (QED) is 0.709. The first-order valence-corrected chi connectivity index (χ1v) is 7.01. The summed E-state index contributed by atoms with van der Waals surface area (Å²) in [5.74, 6) is 0.764. The van der Waals surface area contributed by atoms with Gasteiger partial charge < -0.3 is 9.84 Å². The summed E-state index contributed by atoms with van der Waals surface area (Å²) in [7, 11) is 0. The monoisotopic (exact) mass is 298 g/mol. The van der Waals surface area contributed by atoms with Crippen LogP contribution in [0.2, 0.25) is 0 Å². The van der Waals surface area contributed by atoms with Crippen molar-refractivity contribution in [1.29, 1.82) is 0 Å². The van der Waals surface area contributed by atoms with Crippen LogP contribution < -0.4 is 5.32 Å². The maximum Gasteiger partial charge on any atom is 0.240 e. The van der Waals surface area contributed by atoms with Crippen LogP contribution >= 0.6 is 0 Å². The second-order valence-corrected chi connectivity index (χ2v) is 4.74. The normalized spacial score (nSPS) is 10.8. The van der Waals surface area contributed by atoms with Crippen molar-refractivity contribution in [1.82, 2.24) is 20.4 Å². The number of halogens is 1. The third-order valence-corrected chi connectivity index (χ3v) is 3.17. The molecule has 2 heterocycles. The number of hydrogen-bond donors (Lipinski definition) is 1. The summed E-state index contributed by atoms with van der Waals surface area (Å²) in [4.78, 5) is 8.43. The van der Waals surface area contributed by atoms with E-state index in [-0.39, 0.29) is 5.82 Å². The van der Waals surface area contributed by atoms with E-state index in [0.29, 0.717) is 42.5 Å². The Morgan fingerprint density at radius 3 is 2.77 bits per heavy atom. The molecule has 0 unspecified atom stereocenters. The SMILES string of the molecule is Fc1ccccc1CCNCc1nc(-c2ccccn2)no1. The van der Waals surface area contributed by atoms with Crippen LogP contribution in [0.25, 0.3) is 11.5 Å². The van der Waals surface area contributed by atoms with Gasteiger partial charge in [-0.1, -0.05) is 29.4 Å². The summed E-state index contributed by atoms with van der Waals surface area (Å²) in [5, 5.41) is 7.05. The number of pyridine rings is 1. The lowest BCUT2D eigenvalue weighted by Gasteiger charge is -2.03. The molecule has 1 aromatic carbocycles. The minimum Gasteiger partial charge on any atom is -0.337 e. The van der Waals surface area contributed by atoms with Crippen LogP contribution in [0, 0.1) is 5.82 Å². The van der Waals surface area contributed by atoms with Gasteiger partial charge in [0.1, 0.15) is 11.5 Å². The second-order valence-electron chi connectivity index (χ2n) is 4.74. The van der Waals surface area contributed by atoms with Crippen molar-refractivity contribution in [3.05, 3.63) is 65.9 Å². The van der Waals surface area contributed by atoms with Crippen molar-refractivity contribution < 1.29 is 8.91 Å². The zero-order chi connectivity index (χ0) is 15.2. The highest BCUT2D eigenvalue weighted by Gasteiger charge is 2.08. The summed E-state index contributed by atoms with van der Waals surface area (Å²) in [6.07, 6.45) is 2.28. The van der Waals surface area contributed by atoms with Crippen molar-refractivity contribution in [2.45, 2.75) is 13.0 Å². The van der Waals surface area contributed by atoms with Crippen LogP contribution in [0.1, 0.15) is 11.5 Å². The summed E-state index contributed by atoms with van der Waals surface area (Å²) in [5.41, 5.74) is 1.36. The Labute approximate surface area is 127 Å². The second kappa shape index (κ2) is 6.91. The zero-order valence-corrected chi connectivity index (χ0v) is 11.9. The minimum atomic E-state index is -0.181. The molecule has 0 fully saturated rings. The molecular weight excluding hydrogens is 283 g/mol. The first-order chi connectivity index (χ1) is 10.8. The average molecular weight is 298 g/mol. The molecule has 112 valence electrons. The van der Waals surface area contributed by atoms with E-state index >= 15 is 0 Å². The number of benzene rings is 1. The van der Waals surface area contributed by atoms with Crippen molar-refractivity contribution in [2.24, 2.45) is 0 Å². The maximum atomic E-state index is 13.5. The molecule has 3 aromatic rings. The predicted octanol–water partition coefficient (Wildman–Crippen LogP) is 2.60. The summed E-state index contributed by atoms with van der Waals surface area (Å²) in [6, 6.07) is 12.3. The van der Waals surface area contributed by atoms with Gasteiger partial charge in [0.25, 0.3) is 0 Å². The summed E-state index contributed by atoms with van der Waals surface area (Å²) in [6.45, 7) is 1.07. The van der Waals surface area contributed by atoms with E-state index in [2.05, 4.69) is 20.4 Å². The molecule has 3 rings (SSSR count). The fraction of sp³-hybridized carbons (Fsp3) is 0.188. The van der Waals surface area contributed by atoms with Gasteiger partial charge in [0.05, 0.1) is 6.54 Å². The predicted molar refractivity (Wildman–Crippen MR) is 79.3 cm³/mol. The van der Waals surface area contributed by atoms with Gasteiger partial charge in [-0.05, 0) is 36.7 Å². The lowest BCUT2D eigenvalue weighted by molar-refractivity contribution is 0.368. The molecule has 0 saturated heterocycles. The van der Waals surface area contributed by atoms with Gasteiger partial charge in [-0.15, -0.1) is 0 Å². The first-order valence-electron chi connectivity index (χ1n) is 7.01. The highest BCUT2D eigenvalue weighted by molar-refractivity contribution is 5.46. The minimum absolute atomic E-state index is 0.181. The Bertz CT molecular complexity index is 730. The van der Waals surface area contributed by atoms with Crippen molar-refractivity contribution in [3.63, 3.8) is 0 Å². The number of nitrogens with zero attached hydrogens (tertiary/aromatic N) is 3. The van der Waals surface area contributed by atoms with Crippen LogP contribution in [0.3, 0.4) is 0 Å². The third-order valence-electron chi connectivity index (χ3n) is 3.17. The fourth-order valence-corrected chi connectivity index (χ4v) is 2.05. The van der Waals surface area contributed by atoms with Crippen LogP contribution in [-0.2, 0) is 13.0 Å². The molecule has 22 heavy (non-hydrogen) atoms. The van der Waals surface area contributed by atoms with Gasteiger partial charge >= 0.3 is 0 Å². The molecule has 2 aromatic heterocycles. The van der Waals surface area contributed by atoms with Gasteiger partial charge in [0.2, 0.25) is 11.7 Å². The smallest absolute Gasteiger partial charge is 0.240 e. The van der Waals surface area contributed by atoms with Gasteiger partial charge in [0, 0.05) is 6.20 Å². The van der Waals surface area contributed by atoms with Crippen LogP contribution in [0.5, 0.6) is 0 Å². The molecule has 0 radical (unpaired) electrons. The average Bonchev–Trinajstić information content (AvgIpc) is 3.03. The Morgan fingerprint density at radius 2 is 1.95 bits per heavy atom. The molecule has 0 aliphatic heterocycles. The lowest BCUT2D eigenvalue weighted by Crippen LogP contribution is -2.17. The van der Waals surface area contributed by atoms with E-state index in [9.17, 15) is 4.39 Å². The molecular formula is C16H15FN4O. The lowest BCUT2D eigenvalue weighted by atomic mass is 10.1. The Balaban J connectivity index is 1.51. The first kappa shape index (κ1) is 14.3. The molecule has 0 atom stereocenters. The highest BCUT2D eigenvalue weighted by atomic mass is 19.1.